The summed E-state index contributed by atoms with van der Waals surface area (Å²) in [5, 5.41) is 0. The first-order valence-electron chi connectivity index (χ1n) is 9.15. The molecule has 0 radical (unpaired) electrons. The average molecular weight is 311 g/mol. The summed E-state index contributed by atoms with van der Waals surface area (Å²) in [6, 6.07) is 0. The zero-order chi connectivity index (χ0) is 16.1. The van der Waals surface area contributed by atoms with E-state index in [0.29, 0.717) is 35.2 Å². The molecule has 2 N–H and O–H groups in total. The van der Waals surface area contributed by atoms with E-state index in [1.165, 1.54) is 0 Å². The van der Waals surface area contributed by atoms with Crippen molar-refractivity contribution in [2.75, 3.05) is 0 Å². The van der Waals surface area contributed by atoms with Gasteiger partial charge in [0.2, 0.25) is 0 Å². The molecule has 1 unspecified atom stereocenters. The molecule has 0 aromatic carbocycles. The highest BCUT2D eigenvalue weighted by atomic mass is 16.1. The molecule has 0 heterocycles. The summed E-state index contributed by atoms with van der Waals surface area (Å²) in [5.41, 5.74) is 7.81. The molecule has 0 bridgehead atoms. The minimum atomic E-state index is -0.109. The van der Waals surface area contributed by atoms with Crippen LogP contribution in [0, 0.1) is 40.4 Å². The first-order chi connectivity index (χ1) is 10.9. The van der Waals surface area contributed by atoms with Gasteiger partial charge in [-0.15, -0.1) is 0 Å². The van der Waals surface area contributed by atoms with Crippen LogP contribution in [-0.2, 0) is 9.59 Å². The maximum atomic E-state index is 12.4. The second kappa shape index (κ2) is 3.99. The molecular formula is C20H25NO2. The van der Waals surface area contributed by atoms with Crippen LogP contribution in [0.5, 0.6) is 0 Å². The molecule has 5 aliphatic carbocycles. The maximum absolute atomic E-state index is 12.4. The van der Waals surface area contributed by atoms with Gasteiger partial charge in [-0.25, -0.2) is 0 Å². The SMILES string of the molecule is C[C@]12CC[C@H]3[C@@H](C=CC4=C(N)C(=O)[C@H]5CC5[C@@]43C)[C@@H]1CCC2=O. The van der Waals surface area contributed by atoms with Crippen LogP contribution in [-0.4, -0.2) is 11.6 Å². The van der Waals surface area contributed by atoms with Crippen molar-refractivity contribution >= 4 is 11.6 Å². The van der Waals surface area contributed by atoms with Crippen LogP contribution in [0.3, 0.4) is 0 Å². The molecule has 0 amide bonds. The molecule has 0 aromatic heterocycles. The molecule has 3 heteroatoms. The Hall–Kier alpha value is -1.38. The molecule has 122 valence electrons. The number of carbonyl (C=O) groups excluding carboxylic acids is 2. The fraction of sp³-hybridized carbons (Fsp3) is 0.700. The number of Topliss-reactive ketones (excluding diaryl/α,β-unsaturated/α-hetero) is 2. The van der Waals surface area contributed by atoms with Crippen LogP contribution in [0.4, 0.5) is 0 Å². The second-order valence-corrected chi connectivity index (χ2v) is 8.99. The Labute approximate surface area is 137 Å². The lowest BCUT2D eigenvalue weighted by atomic mass is 9.49. The van der Waals surface area contributed by atoms with Crippen molar-refractivity contribution in [3.63, 3.8) is 0 Å². The molecule has 5 aliphatic rings. The smallest absolute Gasteiger partial charge is 0.182 e. The van der Waals surface area contributed by atoms with E-state index in [4.69, 9.17) is 5.73 Å². The van der Waals surface area contributed by atoms with Gasteiger partial charge in [-0.3, -0.25) is 9.59 Å². The number of allylic oxidation sites excluding steroid dienone is 4. The van der Waals surface area contributed by atoms with Gasteiger partial charge in [-0.1, -0.05) is 26.0 Å². The number of hydrogen-bond donors (Lipinski definition) is 1. The van der Waals surface area contributed by atoms with E-state index in [2.05, 4.69) is 26.0 Å². The Kier molecular flexibility index (Phi) is 2.43. The highest BCUT2D eigenvalue weighted by Crippen LogP contribution is 2.69. The number of hydrogen-bond acceptors (Lipinski definition) is 3. The lowest BCUT2D eigenvalue weighted by Crippen LogP contribution is -2.51. The summed E-state index contributed by atoms with van der Waals surface area (Å²) in [6.45, 7) is 4.55. The third kappa shape index (κ3) is 1.43. The molecule has 0 spiro atoms. The van der Waals surface area contributed by atoms with Gasteiger partial charge in [0.05, 0.1) is 5.70 Å². The quantitative estimate of drug-likeness (QED) is 0.748. The van der Waals surface area contributed by atoms with Crippen molar-refractivity contribution in [2.45, 2.75) is 46.0 Å². The van der Waals surface area contributed by atoms with Gasteiger partial charge >= 0.3 is 0 Å². The van der Waals surface area contributed by atoms with Crippen LogP contribution < -0.4 is 5.73 Å². The molecule has 3 saturated carbocycles. The van der Waals surface area contributed by atoms with Crippen molar-refractivity contribution in [3.8, 4) is 0 Å². The van der Waals surface area contributed by atoms with E-state index in [-0.39, 0.29) is 22.5 Å². The summed E-state index contributed by atoms with van der Waals surface area (Å²) in [7, 11) is 0. The largest absolute Gasteiger partial charge is 0.396 e. The van der Waals surface area contributed by atoms with Gasteiger partial charge in [0.15, 0.2) is 5.78 Å². The third-order valence-electron chi connectivity index (χ3n) is 8.33. The summed E-state index contributed by atoms with van der Waals surface area (Å²) in [6.07, 6.45) is 9.36. The monoisotopic (exact) mass is 311 g/mol. The van der Waals surface area contributed by atoms with E-state index >= 15 is 0 Å². The van der Waals surface area contributed by atoms with E-state index < -0.39 is 0 Å². The number of rotatable bonds is 0. The van der Waals surface area contributed by atoms with Crippen LogP contribution in [0.1, 0.15) is 46.0 Å². The molecule has 0 saturated heterocycles. The normalized spacial score (nSPS) is 53.6. The Morgan fingerprint density at radius 3 is 2.70 bits per heavy atom. The average Bonchev–Trinajstić information content (AvgIpc) is 3.27. The molecule has 5 rings (SSSR count). The highest BCUT2D eigenvalue weighted by molar-refractivity contribution is 6.01. The van der Waals surface area contributed by atoms with Gasteiger partial charge in [-0.05, 0) is 54.9 Å². The minimum absolute atomic E-state index is 0.0506. The predicted molar refractivity (Wildman–Crippen MR) is 87.1 cm³/mol. The summed E-state index contributed by atoms with van der Waals surface area (Å²) < 4.78 is 0. The third-order valence-corrected chi connectivity index (χ3v) is 8.33. The van der Waals surface area contributed by atoms with Gasteiger partial charge < -0.3 is 5.73 Å². The highest BCUT2D eigenvalue weighted by Gasteiger charge is 2.66. The predicted octanol–water partition coefficient (Wildman–Crippen LogP) is 3.01. The molecule has 3 nitrogen and oxygen atoms in total. The minimum Gasteiger partial charge on any atom is -0.396 e. The molecule has 7 atom stereocenters. The fourth-order valence-electron chi connectivity index (χ4n) is 6.86. The zero-order valence-corrected chi connectivity index (χ0v) is 14.0. The van der Waals surface area contributed by atoms with Gasteiger partial charge in [0.25, 0.3) is 0 Å². The Bertz CT molecular complexity index is 704. The molecule has 0 aromatic rings. The first-order valence-corrected chi connectivity index (χ1v) is 9.15. The van der Waals surface area contributed by atoms with Gasteiger partial charge in [0.1, 0.15) is 5.78 Å². The van der Waals surface area contributed by atoms with E-state index in [9.17, 15) is 9.59 Å². The lowest BCUT2D eigenvalue weighted by Gasteiger charge is -2.55. The molecular weight excluding hydrogens is 286 g/mol. The van der Waals surface area contributed by atoms with Crippen LogP contribution in [0.2, 0.25) is 0 Å². The van der Waals surface area contributed by atoms with Gasteiger partial charge in [-0.2, -0.15) is 0 Å². The number of nitrogens with two attached hydrogens (primary N) is 1. The fourth-order valence-corrected chi connectivity index (χ4v) is 6.86. The molecule has 23 heavy (non-hydrogen) atoms. The summed E-state index contributed by atoms with van der Waals surface area (Å²) in [4.78, 5) is 24.8. The lowest BCUT2D eigenvalue weighted by molar-refractivity contribution is -0.130. The Morgan fingerprint density at radius 2 is 1.91 bits per heavy atom. The first kappa shape index (κ1) is 14.0. The van der Waals surface area contributed by atoms with E-state index in [1.807, 2.05) is 0 Å². The van der Waals surface area contributed by atoms with E-state index in [0.717, 1.165) is 37.7 Å². The second-order valence-electron chi connectivity index (χ2n) is 8.99. The zero-order valence-electron chi connectivity index (χ0n) is 14.0. The number of fused-ring (bicyclic) bond motifs is 7. The van der Waals surface area contributed by atoms with E-state index in [1.54, 1.807) is 0 Å². The molecule has 3 fully saturated rings. The van der Waals surface area contributed by atoms with Crippen molar-refractivity contribution in [2.24, 2.45) is 46.2 Å². The number of ketones is 2. The standard InChI is InChI=1S/C20H25NO2/c1-19-8-7-13-10(12(19)5-6-16(19)22)3-4-14-17(21)18(23)11-9-15(11)20(13,14)2/h3-4,10-13,15H,5-9,21H2,1-2H3/t10-,11-,12-,13-,15?,19-,20+/m0/s1. The molecule has 0 aliphatic heterocycles. The van der Waals surface area contributed by atoms with Crippen molar-refractivity contribution < 1.29 is 9.59 Å². The Morgan fingerprint density at radius 1 is 1.13 bits per heavy atom. The topological polar surface area (TPSA) is 60.2 Å². The Balaban J connectivity index is 1.64. The summed E-state index contributed by atoms with van der Waals surface area (Å²) >= 11 is 0. The summed E-state index contributed by atoms with van der Waals surface area (Å²) in [5.74, 6) is 2.83. The van der Waals surface area contributed by atoms with Crippen LogP contribution in [0.15, 0.2) is 23.4 Å². The van der Waals surface area contributed by atoms with Crippen molar-refractivity contribution in [1.82, 2.24) is 0 Å². The van der Waals surface area contributed by atoms with Crippen LogP contribution >= 0.6 is 0 Å². The van der Waals surface area contributed by atoms with Gasteiger partial charge in [0, 0.05) is 23.2 Å². The van der Waals surface area contributed by atoms with Crippen molar-refractivity contribution in [1.29, 1.82) is 0 Å². The maximum Gasteiger partial charge on any atom is 0.182 e. The van der Waals surface area contributed by atoms with Crippen LogP contribution in [0.25, 0.3) is 0 Å². The number of carbonyl (C=O) groups is 2. The van der Waals surface area contributed by atoms with Crippen molar-refractivity contribution in [3.05, 3.63) is 23.4 Å².